The first kappa shape index (κ1) is 17.9. The van der Waals surface area contributed by atoms with Gasteiger partial charge < -0.3 is 15.2 Å². The average Bonchev–Trinajstić information content (AvgIpc) is 2.32. The number of hydrogen-bond donors (Lipinski definition) is 2. The van der Waals surface area contributed by atoms with Crippen LogP contribution in [0.25, 0.3) is 0 Å². The van der Waals surface area contributed by atoms with E-state index in [1.807, 2.05) is 0 Å². The molecule has 0 aromatic rings. The number of carbonyl (C=O) groups is 2. The van der Waals surface area contributed by atoms with E-state index in [0.29, 0.717) is 24.8 Å². The van der Waals surface area contributed by atoms with E-state index < -0.39 is 11.6 Å². The highest BCUT2D eigenvalue weighted by Gasteiger charge is 2.26. The zero-order valence-electron chi connectivity index (χ0n) is 12.7. The van der Waals surface area contributed by atoms with E-state index in [-0.39, 0.29) is 12.3 Å². The van der Waals surface area contributed by atoms with Crippen molar-refractivity contribution in [3.8, 4) is 0 Å². The summed E-state index contributed by atoms with van der Waals surface area (Å²) in [4.78, 5) is 22.4. The Labute approximate surface area is 115 Å². The third kappa shape index (κ3) is 7.15. The molecule has 1 atom stereocenters. The Kier molecular flexibility index (Phi) is 7.68. The summed E-state index contributed by atoms with van der Waals surface area (Å²) < 4.78 is 5.09. The van der Waals surface area contributed by atoms with E-state index in [0.717, 1.165) is 6.42 Å². The van der Waals surface area contributed by atoms with Gasteiger partial charge >= 0.3 is 5.97 Å². The van der Waals surface area contributed by atoms with Gasteiger partial charge in [-0.25, -0.2) is 0 Å². The van der Waals surface area contributed by atoms with E-state index in [1.165, 1.54) is 7.11 Å². The molecule has 0 aliphatic carbocycles. The van der Waals surface area contributed by atoms with Gasteiger partial charge in [0, 0.05) is 20.1 Å². The Morgan fingerprint density at radius 2 is 1.84 bits per heavy atom. The maximum absolute atomic E-state index is 11.8. The number of carbonyl (C=O) groups excluding carboxylic acids is 1. The molecule has 0 bridgehead atoms. The van der Waals surface area contributed by atoms with Crippen LogP contribution < -0.4 is 5.32 Å². The van der Waals surface area contributed by atoms with Crippen molar-refractivity contribution < 1.29 is 19.4 Å². The number of hydrogen-bond acceptors (Lipinski definition) is 3. The standard InChI is InChI=1S/C14H27NO4/c1-10(2)11(6-7-12(16)17)8-9-15-13(18)14(3,4)19-5/h10-11H,6-9H2,1-5H3,(H,15,18)(H,16,17). The summed E-state index contributed by atoms with van der Waals surface area (Å²) in [5, 5.41) is 11.5. The number of carboxylic acids is 1. The Morgan fingerprint density at radius 1 is 1.26 bits per heavy atom. The second kappa shape index (κ2) is 8.15. The van der Waals surface area contributed by atoms with Crippen molar-refractivity contribution in [2.24, 2.45) is 11.8 Å². The number of aliphatic carboxylic acids is 1. The largest absolute Gasteiger partial charge is 0.481 e. The summed E-state index contributed by atoms with van der Waals surface area (Å²) in [6.45, 7) is 8.13. The second-order valence-corrected chi connectivity index (χ2v) is 5.70. The van der Waals surface area contributed by atoms with E-state index in [4.69, 9.17) is 9.84 Å². The van der Waals surface area contributed by atoms with Gasteiger partial charge in [0.25, 0.3) is 5.91 Å². The number of nitrogens with one attached hydrogen (secondary N) is 1. The monoisotopic (exact) mass is 273 g/mol. The molecule has 0 fully saturated rings. The highest BCUT2D eigenvalue weighted by Crippen LogP contribution is 2.20. The van der Waals surface area contributed by atoms with E-state index in [1.54, 1.807) is 13.8 Å². The van der Waals surface area contributed by atoms with Crippen LogP contribution in [0.3, 0.4) is 0 Å². The number of rotatable bonds is 9. The molecule has 0 saturated heterocycles. The molecule has 0 rings (SSSR count). The third-order valence-corrected chi connectivity index (χ3v) is 3.53. The molecule has 1 amide bonds. The SMILES string of the molecule is COC(C)(C)C(=O)NCCC(CCC(=O)O)C(C)C. The lowest BCUT2D eigenvalue weighted by Gasteiger charge is -2.24. The third-order valence-electron chi connectivity index (χ3n) is 3.53. The molecule has 0 saturated carbocycles. The summed E-state index contributed by atoms with van der Waals surface area (Å²) in [6, 6.07) is 0. The second-order valence-electron chi connectivity index (χ2n) is 5.70. The van der Waals surface area contributed by atoms with Gasteiger partial charge in [-0.05, 0) is 38.5 Å². The molecule has 5 heteroatoms. The molecule has 1 unspecified atom stereocenters. The molecular formula is C14H27NO4. The first-order valence-electron chi connectivity index (χ1n) is 6.76. The molecule has 19 heavy (non-hydrogen) atoms. The average molecular weight is 273 g/mol. The van der Waals surface area contributed by atoms with Gasteiger partial charge in [-0.2, -0.15) is 0 Å². The minimum Gasteiger partial charge on any atom is -0.481 e. The molecule has 0 aliphatic heterocycles. The topological polar surface area (TPSA) is 75.6 Å². The predicted octanol–water partition coefficient (Wildman–Crippen LogP) is 2.05. The van der Waals surface area contributed by atoms with Crippen LogP contribution in [-0.4, -0.2) is 36.2 Å². The van der Waals surface area contributed by atoms with Crippen LogP contribution in [0.4, 0.5) is 0 Å². The van der Waals surface area contributed by atoms with E-state index >= 15 is 0 Å². The van der Waals surface area contributed by atoms with Crippen LogP contribution in [0.1, 0.15) is 47.0 Å². The van der Waals surface area contributed by atoms with Crippen LogP contribution in [0.2, 0.25) is 0 Å². The molecule has 2 N–H and O–H groups in total. The maximum Gasteiger partial charge on any atom is 0.303 e. The van der Waals surface area contributed by atoms with E-state index in [2.05, 4.69) is 19.2 Å². The predicted molar refractivity (Wildman–Crippen MR) is 73.9 cm³/mol. The van der Waals surface area contributed by atoms with Crippen molar-refractivity contribution in [3.63, 3.8) is 0 Å². The molecular weight excluding hydrogens is 246 g/mol. The summed E-state index contributed by atoms with van der Waals surface area (Å²) in [6.07, 6.45) is 1.62. The van der Waals surface area contributed by atoms with Crippen molar-refractivity contribution in [2.45, 2.75) is 52.6 Å². The molecule has 0 aromatic carbocycles. The minimum absolute atomic E-state index is 0.143. The van der Waals surface area contributed by atoms with Crippen LogP contribution >= 0.6 is 0 Å². The molecule has 5 nitrogen and oxygen atoms in total. The summed E-state index contributed by atoms with van der Waals surface area (Å²) in [5.74, 6) is -0.195. The van der Waals surface area contributed by atoms with Crippen LogP contribution in [-0.2, 0) is 14.3 Å². The van der Waals surface area contributed by atoms with Gasteiger partial charge in [0.2, 0.25) is 0 Å². The first-order chi connectivity index (χ1) is 8.70. The van der Waals surface area contributed by atoms with Crippen molar-refractivity contribution in [2.75, 3.05) is 13.7 Å². The zero-order valence-corrected chi connectivity index (χ0v) is 12.7. The maximum atomic E-state index is 11.8. The lowest BCUT2D eigenvalue weighted by molar-refractivity contribution is -0.140. The highest BCUT2D eigenvalue weighted by molar-refractivity contribution is 5.84. The molecule has 0 radical (unpaired) electrons. The van der Waals surface area contributed by atoms with Gasteiger partial charge in [-0.15, -0.1) is 0 Å². The zero-order chi connectivity index (χ0) is 15.1. The quantitative estimate of drug-likeness (QED) is 0.674. The smallest absolute Gasteiger partial charge is 0.303 e. The van der Waals surface area contributed by atoms with Gasteiger partial charge in [0.05, 0.1) is 0 Å². The van der Waals surface area contributed by atoms with Crippen molar-refractivity contribution in [3.05, 3.63) is 0 Å². The molecule has 0 heterocycles. The van der Waals surface area contributed by atoms with Gasteiger partial charge in [-0.3, -0.25) is 9.59 Å². The number of methoxy groups -OCH3 is 1. The fraction of sp³-hybridized carbons (Fsp3) is 0.857. The van der Waals surface area contributed by atoms with Crippen molar-refractivity contribution in [1.82, 2.24) is 5.32 Å². The minimum atomic E-state index is -0.825. The molecule has 0 aliphatic rings. The summed E-state index contributed by atoms with van der Waals surface area (Å²) >= 11 is 0. The lowest BCUT2D eigenvalue weighted by Crippen LogP contribution is -2.44. The Morgan fingerprint density at radius 3 is 2.26 bits per heavy atom. The Balaban J connectivity index is 4.13. The van der Waals surface area contributed by atoms with Crippen LogP contribution in [0.5, 0.6) is 0 Å². The van der Waals surface area contributed by atoms with Gasteiger partial charge in [-0.1, -0.05) is 13.8 Å². The highest BCUT2D eigenvalue weighted by atomic mass is 16.5. The number of carboxylic acid groups (broad SMARTS) is 1. The molecule has 0 spiro atoms. The van der Waals surface area contributed by atoms with Crippen LogP contribution in [0, 0.1) is 11.8 Å². The van der Waals surface area contributed by atoms with E-state index in [9.17, 15) is 9.59 Å². The fourth-order valence-electron chi connectivity index (χ4n) is 1.80. The fourth-order valence-corrected chi connectivity index (χ4v) is 1.80. The Hall–Kier alpha value is -1.10. The van der Waals surface area contributed by atoms with Crippen LogP contribution in [0.15, 0.2) is 0 Å². The van der Waals surface area contributed by atoms with Gasteiger partial charge in [0.15, 0.2) is 0 Å². The number of ether oxygens (including phenoxy) is 1. The van der Waals surface area contributed by atoms with Crippen molar-refractivity contribution in [1.29, 1.82) is 0 Å². The first-order valence-corrected chi connectivity index (χ1v) is 6.76. The van der Waals surface area contributed by atoms with Gasteiger partial charge in [0.1, 0.15) is 5.60 Å². The molecule has 112 valence electrons. The normalized spacial score (nSPS) is 13.4. The summed E-state index contributed by atoms with van der Waals surface area (Å²) in [7, 11) is 1.50. The summed E-state index contributed by atoms with van der Waals surface area (Å²) in [5.41, 5.74) is -0.825. The van der Waals surface area contributed by atoms with Crippen molar-refractivity contribution >= 4 is 11.9 Å². The molecule has 0 aromatic heterocycles. The Bertz CT molecular complexity index is 300. The number of amides is 1. The lowest BCUT2D eigenvalue weighted by atomic mass is 9.88.